The Morgan fingerprint density at radius 1 is 1.00 bits per heavy atom. The average Bonchev–Trinajstić information content (AvgIpc) is 2.49. The standard InChI is InChI=1S/C17H19NO3/c19-16-10-5-4-7-14(16)13-18(12-6-11-17(20)21)15-8-2-1-3-9-15/h1-5,7-10,19H,6,11-13H2,(H,20,21). The fourth-order valence-electron chi connectivity index (χ4n) is 2.21. The number of phenolic OH excluding ortho intramolecular Hbond substituents is 1. The van der Waals surface area contributed by atoms with E-state index in [4.69, 9.17) is 5.11 Å². The summed E-state index contributed by atoms with van der Waals surface area (Å²) < 4.78 is 0. The third-order valence-corrected chi connectivity index (χ3v) is 3.29. The molecule has 0 saturated carbocycles. The molecule has 2 aromatic carbocycles. The van der Waals surface area contributed by atoms with Gasteiger partial charge in [0.2, 0.25) is 0 Å². The normalized spacial score (nSPS) is 10.3. The molecule has 0 atom stereocenters. The molecule has 0 spiro atoms. The number of benzene rings is 2. The quantitative estimate of drug-likeness (QED) is 0.819. The van der Waals surface area contributed by atoms with Crippen molar-refractivity contribution in [3.05, 3.63) is 60.2 Å². The molecule has 0 aliphatic heterocycles. The molecular formula is C17H19NO3. The third-order valence-electron chi connectivity index (χ3n) is 3.29. The molecule has 0 radical (unpaired) electrons. The summed E-state index contributed by atoms with van der Waals surface area (Å²) in [4.78, 5) is 12.8. The molecule has 110 valence electrons. The highest BCUT2D eigenvalue weighted by Crippen LogP contribution is 2.22. The van der Waals surface area contributed by atoms with Crippen LogP contribution >= 0.6 is 0 Å². The van der Waals surface area contributed by atoms with E-state index in [1.807, 2.05) is 42.5 Å². The largest absolute Gasteiger partial charge is 0.508 e. The summed E-state index contributed by atoms with van der Waals surface area (Å²) in [7, 11) is 0. The molecule has 0 heterocycles. The van der Waals surface area contributed by atoms with Crippen molar-refractivity contribution in [2.75, 3.05) is 11.4 Å². The van der Waals surface area contributed by atoms with Crippen LogP contribution < -0.4 is 4.90 Å². The van der Waals surface area contributed by atoms with Crippen molar-refractivity contribution in [3.8, 4) is 5.75 Å². The Hall–Kier alpha value is -2.49. The number of carboxylic acid groups (broad SMARTS) is 1. The number of phenols is 1. The van der Waals surface area contributed by atoms with Crippen LogP contribution in [0.3, 0.4) is 0 Å². The Labute approximate surface area is 124 Å². The number of hydrogen-bond acceptors (Lipinski definition) is 3. The van der Waals surface area contributed by atoms with Crippen LogP contribution in [0.4, 0.5) is 5.69 Å². The van der Waals surface area contributed by atoms with Gasteiger partial charge in [-0.25, -0.2) is 0 Å². The molecule has 2 N–H and O–H groups in total. The van der Waals surface area contributed by atoms with Gasteiger partial charge in [-0.3, -0.25) is 4.79 Å². The summed E-state index contributed by atoms with van der Waals surface area (Å²) >= 11 is 0. The highest BCUT2D eigenvalue weighted by atomic mass is 16.4. The van der Waals surface area contributed by atoms with E-state index in [-0.39, 0.29) is 12.2 Å². The molecule has 4 nitrogen and oxygen atoms in total. The van der Waals surface area contributed by atoms with E-state index < -0.39 is 5.97 Å². The first kappa shape index (κ1) is 14.9. The fraction of sp³-hybridized carbons (Fsp3) is 0.235. The van der Waals surface area contributed by atoms with Crippen molar-refractivity contribution < 1.29 is 15.0 Å². The highest BCUT2D eigenvalue weighted by Gasteiger charge is 2.10. The van der Waals surface area contributed by atoms with Crippen LogP contribution in [0.1, 0.15) is 18.4 Å². The molecule has 0 aliphatic carbocycles. The van der Waals surface area contributed by atoms with Gasteiger partial charge >= 0.3 is 5.97 Å². The van der Waals surface area contributed by atoms with E-state index in [1.165, 1.54) is 0 Å². The fourth-order valence-corrected chi connectivity index (χ4v) is 2.21. The Bertz CT molecular complexity index is 584. The first-order chi connectivity index (χ1) is 10.2. The zero-order chi connectivity index (χ0) is 15.1. The average molecular weight is 285 g/mol. The number of anilines is 1. The van der Waals surface area contributed by atoms with Crippen LogP contribution in [0.2, 0.25) is 0 Å². The number of nitrogens with zero attached hydrogens (tertiary/aromatic N) is 1. The van der Waals surface area contributed by atoms with Crippen LogP contribution in [0, 0.1) is 0 Å². The number of aromatic hydroxyl groups is 1. The minimum atomic E-state index is -0.787. The Morgan fingerprint density at radius 2 is 1.67 bits per heavy atom. The maximum atomic E-state index is 10.7. The van der Waals surface area contributed by atoms with Gasteiger partial charge in [0.1, 0.15) is 5.75 Å². The van der Waals surface area contributed by atoms with Gasteiger partial charge in [0, 0.05) is 30.8 Å². The topological polar surface area (TPSA) is 60.8 Å². The predicted octanol–water partition coefficient (Wildman–Crippen LogP) is 3.26. The van der Waals surface area contributed by atoms with Crippen LogP contribution in [-0.2, 0) is 11.3 Å². The van der Waals surface area contributed by atoms with Gasteiger partial charge in [0.25, 0.3) is 0 Å². The molecule has 0 saturated heterocycles. The molecular weight excluding hydrogens is 266 g/mol. The maximum Gasteiger partial charge on any atom is 0.303 e. The van der Waals surface area contributed by atoms with Crippen molar-refractivity contribution in [2.24, 2.45) is 0 Å². The van der Waals surface area contributed by atoms with Gasteiger partial charge in [0.05, 0.1) is 0 Å². The van der Waals surface area contributed by atoms with Crippen LogP contribution in [-0.4, -0.2) is 22.7 Å². The monoisotopic (exact) mass is 285 g/mol. The number of hydrogen-bond donors (Lipinski definition) is 2. The van der Waals surface area contributed by atoms with Gasteiger partial charge in [-0.05, 0) is 24.6 Å². The zero-order valence-corrected chi connectivity index (χ0v) is 11.8. The Kier molecular flexibility index (Phi) is 5.21. The predicted molar refractivity (Wildman–Crippen MR) is 82.5 cm³/mol. The number of rotatable bonds is 7. The second-order valence-corrected chi connectivity index (χ2v) is 4.88. The highest BCUT2D eigenvalue weighted by molar-refractivity contribution is 5.66. The van der Waals surface area contributed by atoms with Crippen LogP contribution in [0.25, 0.3) is 0 Å². The second kappa shape index (κ2) is 7.33. The van der Waals surface area contributed by atoms with E-state index in [1.54, 1.807) is 12.1 Å². The summed E-state index contributed by atoms with van der Waals surface area (Å²) in [6.07, 6.45) is 0.710. The first-order valence-electron chi connectivity index (χ1n) is 6.95. The summed E-state index contributed by atoms with van der Waals surface area (Å²) in [6.45, 7) is 1.18. The minimum absolute atomic E-state index is 0.143. The van der Waals surface area contributed by atoms with Crippen molar-refractivity contribution in [3.63, 3.8) is 0 Å². The van der Waals surface area contributed by atoms with E-state index in [9.17, 15) is 9.90 Å². The zero-order valence-electron chi connectivity index (χ0n) is 11.8. The van der Waals surface area contributed by atoms with Crippen molar-refractivity contribution in [1.29, 1.82) is 0 Å². The first-order valence-corrected chi connectivity index (χ1v) is 6.95. The van der Waals surface area contributed by atoms with E-state index >= 15 is 0 Å². The molecule has 2 aromatic rings. The summed E-state index contributed by atoms with van der Waals surface area (Å²) in [6, 6.07) is 17.0. The SMILES string of the molecule is O=C(O)CCCN(Cc1ccccc1O)c1ccccc1. The lowest BCUT2D eigenvalue weighted by Gasteiger charge is -2.25. The molecule has 0 amide bonds. The summed E-state index contributed by atoms with van der Waals surface area (Å²) in [5.41, 5.74) is 1.85. The molecule has 0 aromatic heterocycles. The third kappa shape index (κ3) is 4.53. The lowest BCUT2D eigenvalue weighted by molar-refractivity contribution is -0.137. The van der Waals surface area contributed by atoms with E-state index in [0.717, 1.165) is 11.3 Å². The number of para-hydroxylation sites is 2. The van der Waals surface area contributed by atoms with Crippen LogP contribution in [0.15, 0.2) is 54.6 Å². The minimum Gasteiger partial charge on any atom is -0.508 e. The van der Waals surface area contributed by atoms with Crippen molar-refractivity contribution in [2.45, 2.75) is 19.4 Å². The maximum absolute atomic E-state index is 10.7. The molecule has 0 aliphatic rings. The lowest BCUT2D eigenvalue weighted by atomic mass is 10.1. The molecule has 21 heavy (non-hydrogen) atoms. The van der Waals surface area contributed by atoms with E-state index in [0.29, 0.717) is 19.5 Å². The van der Waals surface area contributed by atoms with Crippen molar-refractivity contribution in [1.82, 2.24) is 0 Å². The summed E-state index contributed by atoms with van der Waals surface area (Å²) in [5.74, 6) is -0.526. The molecule has 4 heteroatoms. The smallest absolute Gasteiger partial charge is 0.303 e. The molecule has 0 fully saturated rings. The van der Waals surface area contributed by atoms with E-state index in [2.05, 4.69) is 4.90 Å². The molecule has 0 unspecified atom stereocenters. The van der Waals surface area contributed by atoms with Crippen molar-refractivity contribution >= 4 is 11.7 Å². The van der Waals surface area contributed by atoms with Gasteiger partial charge in [0.15, 0.2) is 0 Å². The molecule has 2 rings (SSSR count). The van der Waals surface area contributed by atoms with Gasteiger partial charge in [-0.2, -0.15) is 0 Å². The van der Waals surface area contributed by atoms with Gasteiger partial charge in [-0.1, -0.05) is 36.4 Å². The lowest BCUT2D eigenvalue weighted by Crippen LogP contribution is -2.24. The number of aliphatic carboxylic acids is 1. The molecule has 0 bridgehead atoms. The second-order valence-electron chi connectivity index (χ2n) is 4.88. The number of carboxylic acids is 1. The van der Waals surface area contributed by atoms with Crippen LogP contribution in [0.5, 0.6) is 5.75 Å². The van der Waals surface area contributed by atoms with Gasteiger partial charge < -0.3 is 15.1 Å². The van der Waals surface area contributed by atoms with Gasteiger partial charge in [-0.15, -0.1) is 0 Å². The Morgan fingerprint density at radius 3 is 2.33 bits per heavy atom. The summed E-state index contributed by atoms with van der Waals surface area (Å²) in [5, 5.41) is 18.7. The Balaban J connectivity index is 2.12. The number of carbonyl (C=O) groups is 1.